The minimum absolute atomic E-state index is 0.0899. The van der Waals surface area contributed by atoms with Gasteiger partial charge in [-0.15, -0.1) is 0 Å². The van der Waals surface area contributed by atoms with Crippen LogP contribution < -0.4 is 10.6 Å². The van der Waals surface area contributed by atoms with Gasteiger partial charge in [-0.25, -0.2) is 9.59 Å². The molecule has 2 atom stereocenters. The van der Waals surface area contributed by atoms with Gasteiger partial charge in [0.1, 0.15) is 0 Å². The predicted molar refractivity (Wildman–Crippen MR) is 82.0 cm³/mol. The van der Waals surface area contributed by atoms with Crippen LogP contribution in [0.1, 0.15) is 43.0 Å². The van der Waals surface area contributed by atoms with Crippen molar-refractivity contribution < 1.29 is 14.7 Å². The van der Waals surface area contributed by atoms with E-state index in [2.05, 4.69) is 17.6 Å². The number of aromatic carboxylic acids is 1. The van der Waals surface area contributed by atoms with Crippen LogP contribution in [0.5, 0.6) is 0 Å². The van der Waals surface area contributed by atoms with Crippen molar-refractivity contribution in [3.8, 4) is 0 Å². The monoisotopic (exact) mass is 310 g/mol. The summed E-state index contributed by atoms with van der Waals surface area (Å²) >= 11 is 5.98. The van der Waals surface area contributed by atoms with E-state index in [1.807, 2.05) is 0 Å². The molecule has 0 heterocycles. The van der Waals surface area contributed by atoms with Crippen molar-refractivity contribution in [1.29, 1.82) is 0 Å². The van der Waals surface area contributed by atoms with Crippen LogP contribution in [0.25, 0.3) is 0 Å². The summed E-state index contributed by atoms with van der Waals surface area (Å²) in [6, 6.07) is 4.11. The molecule has 1 aliphatic rings. The fourth-order valence-electron chi connectivity index (χ4n) is 2.66. The molecule has 2 unspecified atom stereocenters. The molecule has 114 valence electrons. The van der Waals surface area contributed by atoms with Crippen molar-refractivity contribution in [3.63, 3.8) is 0 Å². The Bertz CT molecular complexity index is 548. The molecule has 1 aliphatic carbocycles. The Labute approximate surface area is 128 Å². The van der Waals surface area contributed by atoms with Gasteiger partial charge in [-0.05, 0) is 37.0 Å². The van der Waals surface area contributed by atoms with E-state index in [4.69, 9.17) is 16.7 Å². The van der Waals surface area contributed by atoms with Crippen LogP contribution in [0.3, 0.4) is 0 Å². The molecule has 2 rings (SSSR count). The van der Waals surface area contributed by atoms with Crippen LogP contribution in [-0.4, -0.2) is 23.1 Å². The number of benzene rings is 1. The average Bonchev–Trinajstić information content (AvgIpc) is 2.40. The lowest BCUT2D eigenvalue weighted by molar-refractivity contribution is 0.0697. The largest absolute Gasteiger partial charge is 0.478 e. The molecule has 0 aliphatic heterocycles. The second kappa shape index (κ2) is 6.80. The van der Waals surface area contributed by atoms with Crippen LogP contribution in [0, 0.1) is 5.92 Å². The van der Waals surface area contributed by atoms with Crippen molar-refractivity contribution in [2.24, 2.45) is 5.92 Å². The van der Waals surface area contributed by atoms with Crippen LogP contribution in [-0.2, 0) is 0 Å². The van der Waals surface area contributed by atoms with E-state index in [0.717, 1.165) is 19.3 Å². The van der Waals surface area contributed by atoms with E-state index in [1.54, 1.807) is 0 Å². The Hall–Kier alpha value is -1.75. The van der Waals surface area contributed by atoms with Gasteiger partial charge in [-0.2, -0.15) is 0 Å². The summed E-state index contributed by atoms with van der Waals surface area (Å²) in [6.45, 7) is 2.19. The zero-order valence-corrected chi connectivity index (χ0v) is 12.6. The van der Waals surface area contributed by atoms with Crippen molar-refractivity contribution in [2.45, 2.75) is 38.6 Å². The molecular formula is C15H19ClN2O3. The number of hydrogen-bond acceptors (Lipinski definition) is 2. The zero-order valence-electron chi connectivity index (χ0n) is 11.9. The molecule has 6 heteroatoms. The quantitative estimate of drug-likeness (QED) is 0.795. The van der Waals surface area contributed by atoms with Gasteiger partial charge in [0, 0.05) is 6.04 Å². The number of nitrogens with one attached hydrogen (secondary N) is 2. The topological polar surface area (TPSA) is 78.4 Å². The van der Waals surface area contributed by atoms with Crippen molar-refractivity contribution in [1.82, 2.24) is 5.32 Å². The molecule has 3 N–H and O–H groups in total. The molecule has 0 bridgehead atoms. The number of carbonyl (C=O) groups is 2. The number of urea groups is 1. The number of carbonyl (C=O) groups excluding carboxylic acids is 1. The molecule has 1 aromatic rings. The molecule has 5 nitrogen and oxygen atoms in total. The standard InChI is InChI=1S/C15H19ClN2O3/c1-9-3-2-4-11(7-9)17-15(21)18-13-6-5-10(14(19)20)8-12(13)16/h5-6,8-9,11H,2-4,7H2,1H3,(H,19,20)(H2,17,18,21). The maximum atomic E-state index is 12.0. The molecule has 2 amide bonds. The second-order valence-electron chi connectivity index (χ2n) is 5.57. The lowest BCUT2D eigenvalue weighted by atomic mass is 9.87. The Morgan fingerprint density at radius 3 is 2.71 bits per heavy atom. The molecule has 0 aromatic heterocycles. The highest BCUT2D eigenvalue weighted by Crippen LogP contribution is 2.25. The van der Waals surface area contributed by atoms with Crippen LogP contribution in [0.15, 0.2) is 18.2 Å². The minimum atomic E-state index is -1.05. The summed E-state index contributed by atoms with van der Waals surface area (Å²) in [4.78, 5) is 22.8. The lowest BCUT2D eigenvalue weighted by Crippen LogP contribution is -2.40. The van der Waals surface area contributed by atoms with Gasteiger partial charge >= 0.3 is 12.0 Å². The van der Waals surface area contributed by atoms with Gasteiger partial charge in [-0.1, -0.05) is 31.4 Å². The van der Waals surface area contributed by atoms with Crippen LogP contribution in [0.4, 0.5) is 10.5 Å². The first-order valence-electron chi connectivity index (χ1n) is 7.06. The Kier molecular flexibility index (Phi) is 5.07. The molecule has 1 fully saturated rings. The molecule has 0 radical (unpaired) electrons. The number of amides is 2. The van der Waals surface area contributed by atoms with Gasteiger partial charge < -0.3 is 15.7 Å². The van der Waals surface area contributed by atoms with Gasteiger partial charge in [0.15, 0.2) is 0 Å². The smallest absolute Gasteiger partial charge is 0.335 e. The lowest BCUT2D eigenvalue weighted by Gasteiger charge is -2.27. The van der Waals surface area contributed by atoms with E-state index >= 15 is 0 Å². The second-order valence-corrected chi connectivity index (χ2v) is 5.97. The predicted octanol–water partition coefficient (Wildman–Crippen LogP) is 3.74. The summed E-state index contributed by atoms with van der Waals surface area (Å²) in [7, 11) is 0. The number of carboxylic acids is 1. The van der Waals surface area contributed by atoms with Gasteiger partial charge in [0.2, 0.25) is 0 Å². The highest BCUT2D eigenvalue weighted by atomic mass is 35.5. The highest BCUT2D eigenvalue weighted by Gasteiger charge is 2.20. The van der Waals surface area contributed by atoms with Gasteiger partial charge in [0.05, 0.1) is 16.3 Å². The van der Waals surface area contributed by atoms with Crippen LogP contribution in [0.2, 0.25) is 5.02 Å². The first-order valence-corrected chi connectivity index (χ1v) is 7.44. The van der Waals surface area contributed by atoms with E-state index in [1.165, 1.54) is 24.6 Å². The highest BCUT2D eigenvalue weighted by molar-refractivity contribution is 6.34. The van der Waals surface area contributed by atoms with E-state index in [0.29, 0.717) is 11.6 Å². The summed E-state index contributed by atoms with van der Waals surface area (Å²) in [6.07, 6.45) is 4.31. The third kappa shape index (κ3) is 4.36. The number of rotatable bonds is 3. The van der Waals surface area contributed by atoms with Gasteiger partial charge in [0.25, 0.3) is 0 Å². The first kappa shape index (κ1) is 15.6. The number of halogens is 1. The van der Waals surface area contributed by atoms with E-state index in [-0.39, 0.29) is 22.7 Å². The normalized spacial score (nSPS) is 21.6. The Balaban J connectivity index is 1.94. The Morgan fingerprint density at radius 2 is 2.10 bits per heavy atom. The summed E-state index contributed by atoms with van der Waals surface area (Å²) in [5, 5.41) is 14.7. The fraction of sp³-hybridized carbons (Fsp3) is 0.467. The molecule has 1 saturated carbocycles. The summed E-state index contributed by atoms with van der Waals surface area (Å²) < 4.78 is 0. The SMILES string of the molecule is CC1CCCC(NC(=O)Nc2ccc(C(=O)O)cc2Cl)C1. The molecular weight excluding hydrogens is 292 g/mol. The summed E-state index contributed by atoms with van der Waals surface area (Å²) in [5.74, 6) is -0.424. The first-order chi connectivity index (χ1) is 9.95. The minimum Gasteiger partial charge on any atom is -0.478 e. The van der Waals surface area contributed by atoms with Crippen molar-refractivity contribution >= 4 is 29.3 Å². The molecule has 1 aromatic carbocycles. The summed E-state index contributed by atoms with van der Waals surface area (Å²) in [5.41, 5.74) is 0.495. The average molecular weight is 311 g/mol. The van der Waals surface area contributed by atoms with Gasteiger partial charge in [-0.3, -0.25) is 0 Å². The van der Waals surface area contributed by atoms with Crippen molar-refractivity contribution in [3.05, 3.63) is 28.8 Å². The number of hydrogen-bond donors (Lipinski definition) is 3. The number of carboxylic acid groups (broad SMARTS) is 1. The van der Waals surface area contributed by atoms with Crippen molar-refractivity contribution in [2.75, 3.05) is 5.32 Å². The number of anilines is 1. The maximum Gasteiger partial charge on any atom is 0.335 e. The molecule has 21 heavy (non-hydrogen) atoms. The third-order valence-electron chi connectivity index (χ3n) is 3.74. The third-order valence-corrected chi connectivity index (χ3v) is 4.05. The molecule has 0 saturated heterocycles. The van der Waals surface area contributed by atoms with E-state index < -0.39 is 5.97 Å². The Morgan fingerprint density at radius 1 is 1.33 bits per heavy atom. The van der Waals surface area contributed by atoms with Crippen LogP contribution >= 0.6 is 11.6 Å². The van der Waals surface area contributed by atoms with E-state index in [9.17, 15) is 9.59 Å². The maximum absolute atomic E-state index is 12.0. The molecule has 0 spiro atoms. The fourth-order valence-corrected chi connectivity index (χ4v) is 2.89. The zero-order chi connectivity index (χ0) is 15.4.